The average molecular weight is 357 g/mol. The van der Waals surface area contributed by atoms with Crippen LogP contribution >= 0.6 is 27.5 Å². The van der Waals surface area contributed by atoms with E-state index in [1.165, 1.54) is 18.5 Å². The number of nitrogens with zero attached hydrogens (tertiary/aromatic N) is 2. The maximum Gasteiger partial charge on any atom is 0.358 e. The quantitative estimate of drug-likeness (QED) is 0.882. The Morgan fingerprint density at radius 1 is 1.25 bits per heavy atom. The van der Waals surface area contributed by atoms with Crippen LogP contribution in [0.25, 0.3) is 0 Å². The summed E-state index contributed by atoms with van der Waals surface area (Å²) >= 11 is 9.04. The molecule has 2 aromatic rings. The summed E-state index contributed by atoms with van der Waals surface area (Å²) < 4.78 is 0.528. The molecule has 1 heterocycles. The number of aromatic carboxylic acids is 1. The van der Waals surface area contributed by atoms with Crippen molar-refractivity contribution in [3.8, 4) is 0 Å². The number of benzene rings is 1. The van der Waals surface area contributed by atoms with Crippen molar-refractivity contribution in [1.29, 1.82) is 0 Å². The number of nitrogens with one attached hydrogen (secondary N) is 1. The van der Waals surface area contributed by atoms with Crippen LogP contribution in [0.3, 0.4) is 0 Å². The number of amides is 1. The van der Waals surface area contributed by atoms with Gasteiger partial charge < -0.3 is 10.4 Å². The summed E-state index contributed by atoms with van der Waals surface area (Å²) in [5, 5.41) is 11.7. The van der Waals surface area contributed by atoms with E-state index in [1.54, 1.807) is 12.1 Å². The molecule has 0 aliphatic carbocycles. The Labute approximate surface area is 126 Å². The van der Waals surface area contributed by atoms with E-state index in [2.05, 4.69) is 31.2 Å². The molecule has 0 spiro atoms. The smallest absolute Gasteiger partial charge is 0.358 e. The highest BCUT2D eigenvalue weighted by Crippen LogP contribution is 2.22. The van der Waals surface area contributed by atoms with Crippen LogP contribution in [-0.4, -0.2) is 27.0 Å². The van der Waals surface area contributed by atoms with Crippen LogP contribution in [0.15, 0.2) is 35.1 Å². The van der Waals surface area contributed by atoms with Gasteiger partial charge in [0, 0.05) is 21.9 Å². The molecule has 1 aromatic carbocycles. The van der Waals surface area contributed by atoms with Crippen molar-refractivity contribution < 1.29 is 14.7 Å². The molecule has 0 unspecified atom stereocenters. The van der Waals surface area contributed by atoms with Gasteiger partial charge in [-0.1, -0.05) is 11.6 Å². The Bertz CT molecular complexity index is 693. The van der Waals surface area contributed by atoms with Crippen molar-refractivity contribution in [3.63, 3.8) is 0 Å². The van der Waals surface area contributed by atoms with Crippen molar-refractivity contribution in [2.24, 2.45) is 0 Å². The van der Waals surface area contributed by atoms with Crippen LogP contribution in [0.2, 0.25) is 5.02 Å². The number of hydrogen-bond donors (Lipinski definition) is 2. The number of rotatable bonds is 3. The fourth-order valence-corrected chi connectivity index (χ4v) is 2.03. The van der Waals surface area contributed by atoms with Gasteiger partial charge in [0.1, 0.15) is 0 Å². The number of anilines is 1. The van der Waals surface area contributed by atoms with Gasteiger partial charge >= 0.3 is 5.97 Å². The van der Waals surface area contributed by atoms with E-state index in [-0.39, 0.29) is 17.1 Å². The maximum atomic E-state index is 12.1. The van der Waals surface area contributed by atoms with Gasteiger partial charge in [0.25, 0.3) is 5.91 Å². The van der Waals surface area contributed by atoms with E-state index in [1.807, 2.05) is 0 Å². The molecular weight excluding hydrogens is 350 g/mol. The number of halogens is 2. The number of carbonyl (C=O) groups excluding carboxylic acids is 1. The Hall–Kier alpha value is -1.99. The summed E-state index contributed by atoms with van der Waals surface area (Å²) in [5.74, 6) is -1.95. The molecule has 1 amide bonds. The van der Waals surface area contributed by atoms with Gasteiger partial charge in [0.05, 0.1) is 5.56 Å². The van der Waals surface area contributed by atoms with Crippen molar-refractivity contribution in [3.05, 3.63) is 51.3 Å². The molecule has 0 aliphatic heterocycles. The normalized spacial score (nSPS) is 10.1. The summed E-state index contributed by atoms with van der Waals surface area (Å²) in [7, 11) is 0. The molecule has 1 aromatic heterocycles. The first-order chi connectivity index (χ1) is 9.49. The van der Waals surface area contributed by atoms with Crippen molar-refractivity contribution in [2.75, 3.05) is 5.32 Å². The lowest BCUT2D eigenvalue weighted by Crippen LogP contribution is -2.17. The van der Waals surface area contributed by atoms with Gasteiger partial charge in [-0.2, -0.15) is 0 Å². The third-order valence-corrected chi connectivity index (χ3v) is 3.23. The summed E-state index contributed by atoms with van der Waals surface area (Å²) in [6, 6.07) is 4.69. The monoisotopic (exact) mass is 355 g/mol. The van der Waals surface area contributed by atoms with E-state index in [9.17, 15) is 9.59 Å². The average Bonchev–Trinajstić information content (AvgIpc) is 2.41. The lowest BCUT2D eigenvalue weighted by Gasteiger charge is -2.08. The summed E-state index contributed by atoms with van der Waals surface area (Å²) in [6.45, 7) is 0. The molecule has 0 aliphatic rings. The van der Waals surface area contributed by atoms with Crippen molar-refractivity contribution >= 4 is 45.2 Å². The van der Waals surface area contributed by atoms with Crippen molar-refractivity contribution in [1.82, 2.24) is 9.97 Å². The Balaban J connectivity index is 2.33. The largest absolute Gasteiger partial charge is 0.476 e. The lowest BCUT2D eigenvalue weighted by atomic mass is 10.2. The first kappa shape index (κ1) is 14.4. The summed E-state index contributed by atoms with van der Waals surface area (Å²) in [5.41, 5.74) is -0.0708. The zero-order valence-corrected chi connectivity index (χ0v) is 12.1. The van der Waals surface area contributed by atoms with Crippen LogP contribution in [0.5, 0.6) is 0 Å². The third kappa shape index (κ3) is 3.12. The number of carboxylic acids is 1. The number of carboxylic acid groups (broad SMARTS) is 1. The second kappa shape index (κ2) is 5.98. The van der Waals surface area contributed by atoms with E-state index in [4.69, 9.17) is 16.7 Å². The zero-order chi connectivity index (χ0) is 14.7. The van der Waals surface area contributed by atoms with Crippen LogP contribution in [-0.2, 0) is 0 Å². The number of carbonyl (C=O) groups is 2. The molecule has 6 nitrogen and oxygen atoms in total. The SMILES string of the molecule is O=C(Nc1nccnc1C(=O)O)c1cc(Cl)ccc1Br. The fourth-order valence-electron chi connectivity index (χ4n) is 1.43. The van der Waals surface area contributed by atoms with Gasteiger partial charge in [0.15, 0.2) is 11.5 Å². The minimum Gasteiger partial charge on any atom is -0.476 e. The minimum absolute atomic E-state index is 0.128. The van der Waals surface area contributed by atoms with Crippen LogP contribution < -0.4 is 5.32 Å². The van der Waals surface area contributed by atoms with E-state index in [0.717, 1.165) is 0 Å². The zero-order valence-electron chi connectivity index (χ0n) is 9.80. The van der Waals surface area contributed by atoms with Gasteiger partial charge in [-0.05, 0) is 34.1 Å². The molecule has 0 bridgehead atoms. The second-order valence-electron chi connectivity index (χ2n) is 3.64. The van der Waals surface area contributed by atoms with Crippen LogP contribution in [0.4, 0.5) is 5.82 Å². The second-order valence-corrected chi connectivity index (χ2v) is 4.93. The van der Waals surface area contributed by atoms with Gasteiger partial charge in [0.2, 0.25) is 0 Å². The lowest BCUT2D eigenvalue weighted by molar-refractivity contribution is 0.0691. The summed E-state index contributed by atoms with van der Waals surface area (Å²) in [6.07, 6.45) is 2.52. The fraction of sp³-hybridized carbons (Fsp3) is 0. The highest BCUT2D eigenvalue weighted by atomic mass is 79.9. The molecule has 0 saturated heterocycles. The van der Waals surface area contributed by atoms with Crippen LogP contribution in [0.1, 0.15) is 20.8 Å². The first-order valence-electron chi connectivity index (χ1n) is 5.29. The molecule has 0 radical (unpaired) electrons. The molecule has 8 heteroatoms. The number of hydrogen-bond acceptors (Lipinski definition) is 4. The van der Waals surface area contributed by atoms with E-state index >= 15 is 0 Å². The highest BCUT2D eigenvalue weighted by molar-refractivity contribution is 9.10. The predicted octanol–water partition coefficient (Wildman–Crippen LogP) is 2.84. The van der Waals surface area contributed by atoms with E-state index in [0.29, 0.717) is 9.50 Å². The molecule has 2 N–H and O–H groups in total. The highest BCUT2D eigenvalue weighted by Gasteiger charge is 2.17. The maximum absolute atomic E-state index is 12.1. The third-order valence-electron chi connectivity index (χ3n) is 2.31. The predicted molar refractivity (Wildman–Crippen MR) is 76.1 cm³/mol. The Morgan fingerprint density at radius 3 is 2.65 bits per heavy atom. The molecule has 102 valence electrons. The molecule has 0 fully saturated rings. The standard InChI is InChI=1S/C12H7BrClN3O3/c13-8-2-1-6(14)5-7(8)11(18)17-10-9(12(19)20)15-3-4-16-10/h1-5H,(H,19,20)(H,16,17,18). The molecular formula is C12H7BrClN3O3. The van der Waals surface area contributed by atoms with E-state index < -0.39 is 11.9 Å². The minimum atomic E-state index is -1.28. The molecule has 0 atom stereocenters. The van der Waals surface area contributed by atoms with Crippen LogP contribution in [0, 0.1) is 0 Å². The van der Waals surface area contributed by atoms with Gasteiger partial charge in [-0.15, -0.1) is 0 Å². The first-order valence-corrected chi connectivity index (χ1v) is 6.47. The van der Waals surface area contributed by atoms with Crippen molar-refractivity contribution in [2.45, 2.75) is 0 Å². The molecule has 20 heavy (non-hydrogen) atoms. The van der Waals surface area contributed by atoms with Gasteiger partial charge in [-0.25, -0.2) is 14.8 Å². The summed E-state index contributed by atoms with van der Waals surface area (Å²) in [4.78, 5) is 30.5. The molecule has 0 saturated carbocycles. The number of aromatic nitrogens is 2. The molecule has 2 rings (SSSR count). The Morgan fingerprint density at radius 2 is 1.95 bits per heavy atom. The topological polar surface area (TPSA) is 92.2 Å². The van der Waals surface area contributed by atoms with Gasteiger partial charge in [-0.3, -0.25) is 4.79 Å². The Kier molecular flexibility index (Phi) is 4.31.